The summed E-state index contributed by atoms with van der Waals surface area (Å²) in [4.78, 5) is 24.5. The highest BCUT2D eigenvalue weighted by molar-refractivity contribution is 5.87. The third-order valence-electron chi connectivity index (χ3n) is 4.61. The van der Waals surface area contributed by atoms with E-state index in [-0.39, 0.29) is 12.4 Å². The quantitative estimate of drug-likeness (QED) is 0.200. The highest BCUT2D eigenvalue weighted by Crippen LogP contribution is 2.24. The van der Waals surface area contributed by atoms with Crippen LogP contribution in [-0.2, 0) is 27.2 Å². The maximum Gasteiger partial charge on any atom is 0.331 e. The van der Waals surface area contributed by atoms with E-state index in [1.807, 2.05) is 71.0 Å². The van der Waals surface area contributed by atoms with Crippen molar-refractivity contribution in [3.05, 3.63) is 76.9 Å². The maximum absolute atomic E-state index is 12.5. The fourth-order valence-electron chi connectivity index (χ4n) is 3.02. The van der Waals surface area contributed by atoms with Gasteiger partial charge in [-0.05, 0) is 94.5 Å². The van der Waals surface area contributed by atoms with Crippen LogP contribution in [-0.4, -0.2) is 24.6 Å². The van der Waals surface area contributed by atoms with Crippen LogP contribution < -0.4 is 9.47 Å². The lowest BCUT2D eigenvalue weighted by molar-refractivity contribution is -0.148. The number of allylic oxidation sites excluding steroid dienone is 2. The molecule has 0 heterocycles. The van der Waals surface area contributed by atoms with Gasteiger partial charge in [0.2, 0.25) is 0 Å². The number of hydrogen-bond donors (Lipinski definition) is 0. The van der Waals surface area contributed by atoms with E-state index in [1.54, 1.807) is 19.3 Å². The van der Waals surface area contributed by atoms with Crippen LogP contribution in [0.5, 0.6) is 11.5 Å². The van der Waals surface area contributed by atoms with Crippen molar-refractivity contribution >= 4 is 18.0 Å². The molecule has 2 aromatic rings. The summed E-state index contributed by atoms with van der Waals surface area (Å²) in [6.45, 7) is 9.52. The Kier molecular flexibility index (Phi) is 9.46. The predicted octanol–water partition coefficient (Wildman–Crippen LogP) is 6.10. The molecule has 0 unspecified atom stereocenters. The Morgan fingerprint density at radius 3 is 2.45 bits per heavy atom. The van der Waals surface area contributed by atoms with Crippen molar-refractivity contribution in [1.29, 1.82) is 0 Å². The Hall–Kier alpha value is -3.34. The summed E-state index contributed by atoms with van der Waals surface area (Å²) in [5.74, 6) is 0.590. The molecule has 0 aliphatic carbocycles. The summed E-state index contributed by atoms with van der Waals surface area (Å²) in [6, 6.07) is 13.2. The van der Waals surface area contributed by atoms with Gasteiger partial charge in [0.05, 0.1) is 7.11 Å². The lowest BCUT2D eigenvalue weighted by Crippen LogP contribution is -2.22. The third-order valence-corrected chi connectivity index (χ3v) is 4.61. The van der Waals surface area contributed by atoms with Crippen molar-refractivity contribution in [1.82, 2.24) is 0 Å². The summed E-state index contributed by atoms with van der Waals surface area (Å²) in [7, 11) is 1.62. The molecule has 0 saturated carbocycles. The van der Waals surface area contributed by atoms with Gasteiger partial charge in [-0.15, -0.1) is 0 Å². The van der Waals surface area contributed by atoms with Gasteiger partial charge in [-0.2, -0.15) is 0 Å². The zero-order valence-electron chi connectivity index (χ0n) is 20.4. The second-order valence-corrected chi connectivity index (χ2v) is 9.05. The normalized spacial score (nSPS) is 11.2. The summed E-state index contributed by atoms with van der Waals surface area (Å²) in [5.41, 5.74) is 3.34. The minimum atomic E-state index is -0.543. The third kappa shape index (κ3) is 9.77. The topological polar surface area (TPSA) is 61.8 Å². The molecular formula is C28H34O5. The highest BCUT2D eigenvalue weighted by Gasteiger charge is 2.14. The Balaban J connectivity index is 2.11. The van der Waals surface area contributed by atoms with Gasteiger partial charge < -0.3 is 14.2 Å². The van der Waals surface area contributed by atoms with E-state index in [1.165, 1.54) is 11.6 Å². The van der Waals surface area contributed by atoms with Crippen molar-refractivity contribution in [2.24, 2.45) is 0 Å². The van der Waals surface area contributed by atoms with Crippen LogP contribution in [0.4, 0.5) is 0 Å². The molecule has 5 nitrogen and oxygen atoms in total. The van der Waals surface area contributed by atoms with Gasteiger partial charge in [-0.3, -0.25) is 4.79 Å². The van der Waals surface area contributed by atoms with Gasteiger partial charge in [0.15, 0.2) is 0 Å². The van der Waals surface area contributed by atoms with Crippen molar-refractivity contribution in [3.8, 4) is 11.5 Å². The van der Waals surface area contributed by atoms with E-state index in [2.05, 4.69) is 6.08 Å². The minimum absolute atomic E-state index is 0.259. The molecule has 2 aromatic carbocycles. The van der Waals surface area contributed by atoms with Gasteiger partial charge in [0.1, 0.15) is 17.1 Å². The molecule has 0 fully saturated rings. The summed E-state index contributed by atoms with van der Waals surface area (Å²) in [5, 5.41) is 0. The molecular weight excluding hydrogens is 416 g/mol. The van der Waals surface area contributed by atoms with E-state index in [0.717, 1.165) is 22.4 Å². The second kappa shape index (κ2) is 12.0. The fraction of sp³-hybridized carbons (Fsp3) is 0.357. The highest BCUT2D eigenvalue weighted by atomic mass is 16.6. The van der Waals surface area contributed by atoms with Crippen molar-refractivity contribution < 1.29 is 23.8 Å². The molecule has 0 saturated heterocycles. The molecule has 176 valence electrons. The van der Waals surface area contributed by atoms with Crippen LogP contribution in [0.15, 0.2) is 60.2 Å². The molecule has 0 spiro atoms. The van der Waals surface area contributed by atoms with Gasteiger partial charge >= 0.3 is 11.9 Å². The predicted molar refractivity (Wildman–Crippen MR) is 131 cm³/mol. The molecule has 0 atom stereocenters. The van der Waals surface area contributed by atoms with Crippen LogP contribution >= 0.6 is 0 Å². The van der Waals surface area contributed by atoms with Gasteiger partial charge in [-0.25, -0.2) is 4.79 Å². The average molecular weight is 451 g/mol. The van der Waals surface area contributed by atoms with Gasteiger partial charge in [-0.1, -0.05) is 29.8 Å². The van der Waals surface area contributed by atoms with Crippen LogP contribution in [0, 0.1) is 0 Å². The monoisotopic (exact) mass is 450 g/mol. The zero-order valence-corrected chi connectivity index (χ0v) is 20.4. The molecule has 5 heteroatoms. The van der Waals surface area contributed by atoms with Crippen LogP contribution in [0.1, 0.15) is 57.7 Å². The molecule has 0 amide bonds. The van der Waals surface area contributed by atoms with Crippen molar-refractivity contribution in [2.45, 2.75) is 59.5 Å². The standard InChI is InChI=1S/C28H34O5/c1-20(2)10-14-23-18-22(13-17-27(30)33-28(3,4)5)11-15-25(23)32-26(29)16-12-21-8-7-9-24(19-21)31-6/h7-11,13,15,17-19H,12,14,16H2,1-6H3/b17-13+. The number of carbonyl (C=O) groups is 2. The zero-order chi connectivity index (χ0) is 24.4. The Labute approximate surface area is 197 Å². The first-order valence-corrected chi connectivity index (χ1v) is 11.1. The largest absolute Gasteiger partial charge is 0.497 e. The number of benzene rings is 2. The van der Waals surface area contributed by atoms with E-state index in [4.69, 9.17) is 14.2 Å². The van der Waals surface area contributed by atoms with Gasteiger partial charge in [0.25, 0.3) is 0 Å². The van der Waals surface area contributed by atoms with E-state index >= 15 is 0 Å². The molecule has 2 rings (SSSR count). The number of ether oxygens (including phenoxy) is 3. The Morgan fingerprint density at radius 2 is 1.79 bits per heavy atom. The number of esters is 2. The summed E-state index contributed by atoms with van der Waals surface area (Å²) >= 11 is 0. The first-order valence-electron chi connectivity index (χ1n) is 11.1. The molecule has 0 aliphatic rings. The van der Waals surface area contributed by atoms with Gasteiger partial charge in [0, 0.05) is 12.5 Å². The first-order chi connectivity index (χ1) is 15.6. The summed E-state index contributed by atoms with van der Waals surface area (Å²) < 4.78 is 16.2. The number of methoxy groups -OCH3 is 1. The lowest BCUT2D eigenvalue weighted by Gasteiger charge is -2.17. The first kappa shape index (κ1) is 25.9. The van der Waals surface area contributed by atoms with Crippen molar-refractivity contribution in [2.75, 3.05) is 7.11 Å². The van der Waals surface area contributed by atoms with Crippen molar-refractivity contribution in [3.63, 3.8) is 0 Å². The smallest absolute Gasteiger partial charge is 0.331 e. The average Bonchev–Trinajstić information content (AvgIpc) is 2.75. The van der Waals surface area contributed by atoms with Crippen LogP contribution in [0.25, 0.3) is 6.08 Å². The number of rotatable bonds is 9. The maximum atomic E-state index is 12.5. The molecule has 0 bridgehead atoms. The molecule has 0 aliphatic heterocycles. The summed E-state index contributed by atoms with van der Waals surface area (Å²) in [6.07, 6.45) is 6.63. The molecule has 0 radical (unpaired) electrons. The second-order valence-electron chi connectivity index (χ2n) is 9.05. The number of carbonyl (C=O) groups excluding carboxylic acids is 2. The molecule has 0 N–H and O–H groups in total. The molecule has 33 heavy (non-hydrogen) atoms. The van der Waals surface area contributed by atoms with Crippen LogP contribution in [0.3, 0.4) is 0 Å². The number of aryl methyl sites for hydroxylation is 1. The minimum Gasteiger partial charge on any atom is -0.497 e. The number of hydrogen-bond acceptors (Lipinski definition) is 5. The SMILES string of the molecule is COc1cccc(CCC(=O)Oc2ccc(/C=C/C(=O)OC(C)(C)C)cc2CC=C(C)C)c1. The Bertz CT molecular complexity index is 1020. The lowest BCUT2D eigenvalue weighted by atomic mass is 10.0. The van der Waals surface area contributed by atoms with E-state index < -0.39 is 11.6 Å². The van der Waals surface area contributed by atoms with E-state index in [9.17, 15) is 9.59 Å². The van der Waals surface area contributed by atoms with Crippen LogP contribution in [0.2, 0.25) is 0 Å². The fourth-order valence-corrected chi connectivity index (χ4v) is 3.02. The molecule has 0 aromatic heterocycles. The van der Waals surface area contributed by atoms with E-state index in [0.29, 0.717) is 18.6 Å². The Morgan fingerprint density at radius 1 is 1.03 bits per heavy atom.